The highest BCUT2D eigenvalue weighted by Crippen LogP contribution is 2.49. The number of nitrogens with two attached hydrogens (primary N) is 1. The molecule has 1 saturated carbocycles. The lowest BCUT2D eigenvalue weighted by atomic mass is 9.94. The van der Waals surface area contributed by atoms with Crippen LogP contribution in [0, 0.1) is 5.92 Å². The summed E-state index contributed by atoms with van der Waals surface area (Å²) in [4.78, 5) is 12.4. The van der Waals surface area contributed by atoms with Gasteiger partial charge >= 0.3 is 0 Å². The maximum Gasteiger partial charge on any atom is 0.223 e. The normalized spacial score (nSPS) is 20.5. The fourth-order valence-electron chi connectivity index (χ4n) is 3.30. The van der Waals surface area contributed by atoms with Gasteiger partial charge in [0.2, 0.25) is 5.91 Å². The minimum absolute atomic E-state index is 0.0961. The highest BCUT2D eigenvalue weighted by Gasteiger charge is 2.44. The first-order valence-electron chi connectivity index (χ1n) is 8.62. The lowest BCUT2D eigenvalue weighted by Gasteiger charge is -2.26. The van der Waals surface area contributed by atoms with Gasteiger partial charge in [-0.2, -0.15) is 0 Å². The molecule has 23 heavy (non-hydrogen) atoms. The predicted octanol–water partition coefficient (Wildman–Crippen LogP) is 3.58. The van der Waals surface area contributed by atoms with E-state index in [4.69, 9.17) is 5.73 Å². The van der Waals surface area contributed by atoms with E-state index in [-0.39, 0.29) is 17.4 Å². The lowest BCUT2D eigenvalue weighted by Crippen LogP contribution is -2.49. The van der Waals surface area contributed by atoms with Gasteiger partial charge in [0.1, 0.15) is 0 Å². The lowest BCUT2D eigenvalue weighted by molar-refractivity contribution is -0.122. The molecule has 1 aliphatic carbocycles. The number of hydrogen-bond donors (Lipinski definition) is 2. The summed E-state index contributed by atoms with van der Waals surface area (Å²) in [6.45, 7) is 4.72. The molecule has 0 spiro atoms. The Balaban J connectivity index is 1.68. The summed E-state index contributed by atoms with van der Waals surface area (Å²) in [7, 11) is 0. The van der Waals surface area contributed by atoms with Crippen LogP contribution in [0.25, 0.3) is 10.8 Å². The molecule has 3 heteroatoms. The molecule has 1 fully saturated rings. The van der Waals surface area contributed by atoms with Crippen molar-refractivity contribution in [1.29, 1.82) is 0 Å². The zero-order valence-corrected chi connectivity index (χ0v) is 14.0. The third kappa shape index (κ3) is 3.25. The van der Waals surface area contributed by atoms with E-state index in [0.717, 1.165) is 19.3 Å². The molecule has 1 aliphatic rings. The zero-order chi connectivity index (χ0) is 16.4. The number of rotatable bonds is 6. The number of fused-ring (bicyclic) bond motifs is 1. The molecule has 0 aromatic heterocycles. The summed E-state index contributed by atoms with van der Waals surface area (Å²) in [6.07, 6.45) is 2.69. The Labute approximate surface area is 138 Å². The molecule has 3 rings (SSSR count). The van der Waals surface area contributed by atoms with Crippen molar-refractivity contribution in [3.05, 3.63) is 48.0 Å². The maximum absolute atomic E-state index is 12.4. The summed E-state index contributed by atoms with van der Waals surface area (Å²) in [5, 5.41) is 5.58. The number of nitrogens with one attached hydrogen (secondary N) is 1. The SMILES string of the molecule is CCC(N)(CC)CNC(=O)C1CC1c1cccc2ccccc12. The molecule has 0 saturated heterocycles. The molecule has 3 N–H and O–H groups in total. The predicted molar refractivity (Wildman–Crippen MR) is 95.3 cm³/mol. The molecule has 2 atom stereocenters. The topological polar surface area (TPSA) is 55.1 Å². The van der Waals surface area contributed by atoms with Crippen LogP contribution in [0.2, 0.25) is 0 Å². The summed E-state index contributed by atoms with van der Waals surface area (Å²) in [5.74, 6) is 0.593. The first-order valence-corrected chi connectivity index (χ1v) is 8.62. The van der Waals surface area contributed by atoms with E-state index < -0.39 is 0 Å². The van der Waals surface area contributed by atoms with Gasteiger partial charge in [0, 0.05) is 18.0 Å². The van der Waals surface area contributed by atoms with E-state index in [1.807, 2.05) is 0 Å². The molecule has 1 amide bonds. The molecule has 0 heterocycles. The molecule has 0 aliphatic heterocycles. The van der Waals surface area contributed by atoms with Crippen molar-refractivity contribution in [3.8, 4) is 0 Å². The second-order valence-corrected chi connectivity index (χ2v) is 6.80. The largest absolute Gasteiger partial charge is 0.354 e. The Bertz CT molecular complexity index is 700. The Kier molecular flexibility index (Phi) is 4.40. The van der Waals surface area contributed by atoms with Gasteiger partial charge in [0.25, 0.3) is 0 Å². The van der Waals surface area contributed by atoms with Crippen LogP contribution in [0.5, 0.6) is 0 Å². The van der Waals surface area contributed by atoms with Crippen LogP contribution in [0.1, 0.15) is 44.6 Å². The van der Waals surface area contributed by atoms with Gasteiger partial charge in [-0.1, -0.05) is 56.3 Å². The van der Waals surface area contributed by atoms with Crippen molar-refractivity contribution in [2.24, 2.45) is 11.7 Å². The number of benzene rings is 2. The molecule has 2 aromatic rings. The van der Waals surface area contributed by atoms with Crippen molar-refractivity contribution in [2.75, 3.05) is 6.54 Å². The van der Waals surface area contributed by atoms with E-state index in [2.05, 4.69) is 61.6 Å². The standard InChI is InChI=1S/C20H26N2O/c1-3-20(21,4-2)13-22-19(23)18-12-17(18)16-11-7-9-14-8-5-6-10-15(14)16/h5-11,17-18H,3-4,12-13,21H2,1-2H3,(H,22,23). The Morgan fingerprint density at radius 3 is 2.61 bits per heavy atom. The van der Waals surface area contributed by atoms with Gasteiger partial charge in [-0.15, -0.1) is 0 Å². The summed E-state index contributed by atoms with van der Waals surface area (Å²) < 4.78 is 0. The zero-order valence-electron chi connectivity index (χ0n) is 14.0. The van der Waals surface area contributed by atoms with Crippen molar-refractivity contribution in [1.82, 2.24) is 5.32 Å². The molecular formula is C20H26N2O. The van der Waals surface area contributed by atoms with Crippen LogP contribution in [0.3, 0.4) is 0 Å². The number of amides is 1. The van der Waals surface area contributed by atoms with E-state index >= 15 is 0 Å². The van der Waals surface area contributed by atoms with Crippen molar-refractivity contribution in [2.45, 2.75) is 44.6 Å². The molecule has 2 aromatic carbocycles. The molecule has 0 bridgehead atoms. The fourth-order valence-corrected chi connectivity index (χ4v) is 3.30. The van der Waals surface area contributed by atoms with Gasteiger partial charge in [-0.25, -0.2) is 0 Å². The highest BCUT2D eigenvalue weighted by atomic mass is 16.2. The summed E-state index contributed by atoms with van der Waals surface area (Å²) in [5.41, 5.74) is 7.29. The third-order valence-electron chi connectivity index (χ3n) is 5.37. The molecular weight excluding hydrogens is 284 g/mol. The average Bonchev–Trinajstić information content (AvgIpc) is 3.39. The van der Waals surface area contributed by atoms with Gasteiger partial charge in [-0.05, 0) is 41.5 Å². The van der Waals surface area contributed by atoms with Gasteiger partial charge in [-0.3, -0.25) is 4.79 Å². The van der Waals surface area contributed by atoms with Crippen LogP contribution in [-0.2, 0) is 4.79 Å². The molecule has 122 valence electrons. The molecule has 0 radical (unpaired) electrons. The molecule has 2 unspecified atom stereocenters. The van der Waals surface area contributed by atoms with Crippen LogP contribution in [0.4, 0.5) is 0 Å². The first kappa shape index (κ1) is 16.0. The number of hydrogen-bond acceptors (Lipinski definition) is 2. The minimum Gasteiger partial charge on any atom is -0.354 e. The van der Waals surface area contributed by atoms with E-state index in [9.17, 15) is 4.79 Å². The van der Waals surface area contributed by atoms with E-state index in [0.29, 0.717) is 12.5 Å². The highest BCUT2D eigenvalue weighted by molar-refractivity contribution is 5.89. The number of carbonyl (C=O) groups is 1. The van der Waals surface area contributed by atoms with E-state index in [1.165, 1.54) is 16.3 Å². The average molecular weight is 310 g/mol. The van der Waals surface area contributed by atoms with E-state index in [1.54, 1.807) is 0 Å². The second kappa shape index (κ2) is 6.32. The third-order valence-corrected chi connectivity index (χ3v) is 5.37. The quantitative estimate of drug-likeness (QED) is 0.857. The van der Waals surface area contributed by atoms with Gasteiger partial charge < -0.3 is 11.1 Å². The molecule has 3 nitrogen and oxygen atoms in total. The van der Waals surface area contributed by atoms with Crippen molar-refractivity contribution in [3.63, 3.8) is 0 Å². The fraction of sp³-hybridized carbons (Fsp3) is 0.450. The smallest absolute Gasteiger partial charge is 0.223 e. The van der Waals surface area contributed by atoms with Crippen LogP contribution in [-0.4, -0.2) is 18.0 Å². The summed E-state index contributed by atoms with van der Waals surface area (Å²) in [6, 6.07) is 14.8. The minimum atomic E-state index is -0.278. The van der Waals surface area contributed by atoms with Crippen LogP contribution in [0.15, 0.2) is 42.5 Å². The second-order valence-electron chi connectivity index (χ2n) is 6.80. The maximum atomic E-state index is 12.4. The van der Waals surface area contributed by atoms with Gasteiger partial charge in [0.05, 0.1) is 0 Å². The Morgan fingerprint density at radius 1 is 1.17 bits per heavy atom. The van der Waals surface area contributed by atoms with Crippen molar-refractivity contribution >= 4 is 16.7 Å². The van der Waals surface area contributed by atoms with Crippen LogP contribution < -0.4 is 11.1 Å². The number of carbonyl (C=O) groups excluding carboxylic acids is 1. The Morgan fingerprint density at radius 2 is 1.87 bits per heavy atom. The monoisotopic (exact) mass is 310 g/mol. The first-order chi connectivity index (χ1) is 11.1. The van der Waals surface area contributed by atoms with Crippen LogP contribution >= 0.6 is 0 Å². The summed E-state index contributed by atoms with van der Waals surface area (Å²) >= 11 is 0. The van der Waals surface area contributed by atoms with Crippen molar-refractivity contribution < 1.29 is 4.79 Å². The Hall–Kier alpha value is -1.87. The van der Waals surface area contributed by atoms with Gasteiger partial charge in [0.15, 0.2) is 0 Å².